The molecule has 0 atom stereocenters. The van der Waals surface area contributed by atoms with Crippen LogP contribution in [0.4, 0.5) is 10.1 Å². The number of halogens is 1. The van der Waals surface area contributed by atoms with E-state index in [1.54, 1.807) is 0 Å². The van der Waals surface area contributed by atoms with Gasteiger partial charge in [-0.05, 0) is 18.2 Å². The fourth-order valence-electron chi connectivity index (χ4n) is 0.424. The summed E-state index contributed by atoms with van der Waals surface area (Å²) in [6, 6.07) is 6.79. The van der Waals surface area contributed by atoms with E-state index in [1.165, 1.54) is 18.2 Å². The van der Waals surface area contributed by atoms with E-state index < -0.39 is 0 Å². The van der Waals surface area contributed by atoms with Gasteiger partial charge in [0, 0.05) is 0 Å². The number of nitrogens with two attached hydrogens (primary N) is 1. The number of benzene rings is 1. The number of hydrogen-bond donors (Lipinski definition) is 1. The van der Waals surface area contributed by atoms with Crippen LogP contribution in [0.15, 0.2) is 18.2 Å². The van der Waals surface area contributed by atoms with Crippen molar-refractivity contribution < 1.29 is 4.39 Å². The van der Waals surface area contributed by atoms with Crippen LogP contribution in [0.2, 0.25) is 0 Å². The Balaban J connectivity index is 3.13. The smallest absolute Gasteiger partial charge is 0.146 e. The molecule has 0 heterocycles. The van der Waals surface area contributed by atoms with Crippen molar-refractivity contribution in [2.45, 2.75) is 0 Å². The molecule has 0 aromatic heterocycles. The Labute approximate surface area is 46.9 Å². The molecule has 0 aliphatic heterocycles. The molecule has 41 valence electrons. The summed E-state index contributed by atoms with van der Waals surface area (Å²) in [6.07, 6.45) is 0. The van der Waals surface area contributed by atoms with Gasteiger partial charge in [-0.3, -0.25) is 0 Å². The summed E-state index contributed by atoms with van der Waals surface area (Å²) >= 11 is 0. The average molecular weight is 110 g/mol. The van der Waals surface area contributed by atoms with E-state index in [9.17, 15) is 4.39 Å². The highest BCUT2D eigenvalue weighted by Gasteiger charge is 1.89. The molecule has 2 heteroatoms. The van der Waals surface area contributed by atoms with Crippen LogP contribution in [0, 0.1) is 11.9 Å². The zero-order valence-electron chi connectivity index (χ0n) is 4.19. The van der Waals surface area contributed by atoms with Crippen molar-refractivity contribution in [3.05, 3.63) is 30.1 Å². The molecule has 1 rings (SSSR count). The molecule has 0 fully saturated rings. The minimum absolute atomic E-state index is 0.146. The number of anilines is 1. The van der Waals surface area contributed by atoms with E-state index in [2.05, 4.69) is 6.07 Å². The number of rotatable bonds is 0. The van der Waals surface area contributed by atoms with Crippen LogP contribution in [0.1, 0.15) is 0 Å². The standard InChI is InChI=1S/C6H5FN/c7-5-3-1-2-4-6(5)8/h1,3-4H,8H2. The van der Waals surface area contributed by atoms with Crippen LogP contribution < -0.4 is 5.73 Å². The molecule has 1 nitrogen and oxygen atoms in total. The molecule has 0 aliphatic carbocycles. The van der Waals surface area contributed by atoms with Gasteiger partial charge in [0.15, 0.2) is 0 Å². The van der Waals surface area contributed by atoms with Crippen molar-refractivity contribution in [1.29, 1.82) is 0 Å². The summed E-state index contributed by atoms with van der Waals surface area (Å²) in [6.45, 7) is 0. The molecule has 0 saturated heterocycles. The second-order valence-electron chi connectivity index (χ2n) is 1.45. The minimum Gasteiger partial charge on any atom is -0.396 e. The Hall–Kier alpha value is -1.05. The van der Waals surface area contributed by atoms with E-state index in [1.807, 2.05) is 0 Å². The topological polar surface area (TPSA) is 26.0 Å². The third-order valence-corrected chi connectivity index (χ3v) is 0.840. The van der Waals surface area contributed by atoms with Gasteiger partial charge < -0.3 is 5.73 Å². The lowest BCUT2D eigenvalue weighted by molar-refractivity contribution is 0.632. The monoisotopic (exact) mass is 110 g/mol. The number of nitrogen functional groups attached to an aromatic ring is 1. The lowest BCUT2D eigenvalue weighted by atomic mass is 10.3. The molecule has 0 amide bonds. The highest BCUT2D eigenvalue weighted by molar-refractivity contribution is 5.37. The summed E-state index contributed by atoms with van der Waals surface area (Å²) < 4.78 is 12.2. The van der Waals surface area contributed by atoms with Gasteiger partial charge in [-0.1, -0.05) is 6.07 Å². The largest absolute Gasteiger partial charge is 0.396 e. The van der Waals surface area contributed by atoms with Crippen molar-refractivity contribution in [2.75, 3.05) is 5.73 Å². The van der Waals surface area contributed by atoms with E-state index in [0.717, 1.165) is 0 Å². The zero-order chi connectivity index (χ0) is 5.98. The van der Waals surface area contributed by atoms with Gasteiger partial charge in [0.05, 0.1) is 5.69 Å². The first-order chi connectivity index (χ1) is 3.80. The minimum atomic E-state index is -0.385. The average Bonchev–Trinajstić information content (AvgIpc) is 1.77. The fraction of sp³-hybridized carbons (Fsp3) is 0. The van der Waals surface area contributed by atoms with Crippen LogP contribution >= 0.6 is 0 Å². The van der Waals surface area contributed by atoms with Crippen LogP contribution in [-0.4, -0.2) is 0 Å². The Bertz CT molecular complexity index is 165. The molecule has 0 spiro atoms. The second-order valence-corrected chi connectivity index (χ2v) is 1.45. The fourth-order valence-corrected chi connectivity index (χ4v) is 0.424. The van der Waals surface area contributed by atoms with Crippen molar-refractivity contribution in [2.24, 2.45) is 0 Å². The van der Waals surface area contributed by atoms with E-state index in [-0.39, 0.29) is 11.5 Å². The van der Waals surface area contributed by atoms with Crippen LogP contribution in [-0.2, 0) is 0 Å². The highest BCUT2D eigenvalue weighted by Crippen LogP contribution is 2.05. The van der Waals surface area contributed by atoms with Crippen molar-refractivity contribution in [1.82, 2.24) is 0 Å². The van der Waals surface area contributed by atoms with Gasteiger partial charge in [0.25, 0.3) is 0 Å². The van der Waals surface area contributed by atoms with Gasteiger partial charge in [-0.2, -0.15) is 0 Å². The van der Waals surface area contributed by atoms with Gasteiger partial charge in [-0.25, -0.2) is 4.39 Å². The molecule has 2 N–H and O–H groups in total. The Kier molecular flexibility index (Phi) is 1.16. The highest BCUT2D eigenvalue weighted by atomic mass is 19.1. The maximum atomic E-state index is 12.2. The van der Waals surface area contributed by atoms with E-state index >= 15 is 0 Å². The van der Waals surface area contributed by atoms with Gasteiger partial charge in [-0.15, -0.1) is 0 Å². The predicted molar refractivity (Wildman–Crippen MR) is 29.6 cm³/mol. The van der Waals surface area contributed by atoms with E-state index in [4.69, 9.17) is 5.73 Å². The van der Waals surface area contributed by atoms with Crippen molar-refractivity contribution >= 4 is 5.69 Å². The molecule has 1 aromatic carbocycles. The Morgan fingerprint density at radius 2 is 2.38 bits per heavy atom. The Morgan fingerprint density at radius 1 is 1.62 bits per heavy atom. The maximum absolute atomic E-state index is 12.2. The number of hydrogen-bond acceptors (Lipinski definition) is 1. The summed E-state index contributed by atoms with van der Waals surface area (Å²) in [5, 5.41) is 0. The molecule has 1 aromatic rings. The first-order valence-electron chi connectivity index (χ1n) is 2.22. The first-order valence-corrected chi connectivity index (χ1v) is 2.22. The molecular weight excluding hydrogens is 105 g/mol. The van der Waals surface area contributed by atoms with Gasteiger partial charge in [0.1, 0.15) is 5.82 Å². The van der Waals surface area contributed by atoms with Gasteiger partial charge in [0.2, 0.25) is 0 Å². The van der Waals surface area contributed by atoms with Crippen LogP contribution in [0.5, 0.6) is 0 Å². The molecule has 0 aliphatic rings. The quantitative estimate of drug-likeness (QED) is 0.499. The SMILES string of the molecule is Nc1c[c]ccc1F. The zero-order valence-corrected chi connectivity index (χ0v) is 4.19. The lowest BCUT2D eigenvalue weighted by Gasteiger charge is -1.89. The molecule has 0 unspecified atom stereocenters. The normalized spacial score (nSPS) is 9.12. The van der Waals surface area contributed by atoms with Crippen molar-refractivity contribution in [3.8, 4) is 0 Å². The molecular formula is C6H5FN. The predicted octanol–water partition coefficient (Wildman–Crippen LogP) is 1.21. The third kappa shape index (κ3) is 0.780. The van der Waals surface area contributed by atoms with Gasteiger partial charge >= 0.3 is 0 Å². The van der Waals surface area contributed by atoms with Crippen LogP contribution in [0.3, 0.4) is 0 Å². The summed E-state index contributed by atoms with van der Waals surface area (Å²) in [5.41, 5.74) is 5.26. The summed E-state index contributed by atoms with van der Waals surface area (Å²) in [7, 11) is 0. The first kappa shape index (κ1) is 5.09. The molecule has 8 heavy (non-hydrogen) atoms. The second kappa shape index (κ2) is 1.82. The lowest BCUT2D eigenvalue weighted by Crippen LogP contribution is -1.87. The summed E-state index contributed by atoms with van der Waals surface area (Å²) in [5.74, 6) is -0.385. The maximum Gasteiger partial charge on any atom is 0.146 e. The van der Waals surface area contributed by atoms with Crippen LogP contribution in [0.25, 0.3) is 0 Å². The molecule has 0 bridgehead atoms. The Morgan fingerprint density at radius 3 is 2.75 bits per heavy atom. The molecule has 1 radical (unpaired) electrons. The molecule has 0 saturated carbocycles. The van der Waals surface area contributed by atoms with E-state index in [0.29, 0.717) is 0 Å². The van der Waals surface area contributed by atoms with Crippen molar-refractivity contribution in [3.63, 3.8) is 0 Å². The summed E-state index contributed by atoms with van der Waals surface area (Å²) in [4.78, 5) is 0. The third-order valence-electron chi connectivity index (χ3n) is 0.840.